The maximum atomic E-state index is 10.3. The van der Waals surface area contributed by atoms with Gasteiger partial charge < -0.3 is 10.4 Å². The van der Waals surface area contributed by atoms with E-state index in [2.05, 4.69) is 24.1 Å². The van der Waals surface area contributed by atoms with Gasteiger partial charge >= 0.3 is 0 Å². The number of pyridine rings is 1. The molecule has 1 heterocycles. The van der Waals surface area contributed by atoms with E-state index < -0.39 is 6.10 Å². The molecule has 0 spiro atoms. The predicted octanol–water partition coefficient (Wildman–Crippen LogP) is 4.15. The number of nitrogens with one attached hydrogen (secondary N) is 1. The van der Waals surface area contributed by atoms with Gasteiger partial charge in [0.15, 0.2) is 0 Å². The average molecular weight is 319 g/mol. The fraction of sp³-hybridized carbons (Fsp3) is 0.389. The lowest BCUT2D eigenvalue weighted by Gasteiger charge is -2.23. The minimum Gasteiger partial charge on any atom is -0.387 e. The van der Waals surface area contributed by atoms with E-state index >= 15 is 0 Å². The summed E-state index contributed by atoms with van der Waals surface area (Å²) in [7, 11) is 0. The Kier molecular flexibility index (Phi) is 6.37. The van der Waals surface area contributed by atoms with Gasteiger partial charge in [0.25, 0.3) is 0 Å². The van der Waals surface area contributed by atoms with Gasteiger partial charge in [0, 0.05) is 30.0 Å². The largest absolute Gasteiger partial charge is 0.387 e. The number of aliphatic hydroxyl groups excluding tert-OH is 1. The summed E-state index contributed by atoms with van der Waals surface area (Å²) < 4.78 is 0. The zero-order valence-corrected chi connectivity index (χ0v) is 13.8. The number of hydrogen-bond donors (Lipinski definition) is 2. The first kappa shape index (κ1) is 16.9. The molecular weight excluding hydrogens is 296 g/mol. The fourth-order valence-corrected chi connectivity index (χ4v) is 2.59. The summed E-state index contributed by atoms with van der Waals surface area (Å²) in [6, 6.07) is 11.8. The highest BCUT2D eigenvalue weighted by molar-refractivity contribution is 6.30. The van der Waals surface area contributed by atoms with Crippen LogP contribution >= 0.6 is 11.6 Å². The third-order valence-electron chi connectivity index (χ3n) is 3.63. The molecule has 0 aliphatic carbocycles. The predicted molar refractivity (Wildman–Crippen MR) is 90.8 cm³/mol. The van der Waals surface area contributed by atoms with Crippen molar-refractivity contribution in [2.45, 2.75) is 32.4 Å². The van der Waals surface area contributed by atoms with E-state index in [0.29, 0.717) is 12.5 Å². The number of benzene rings is 1. The maximum Gasteiger partial charge on any atom is 0.0915 e. The first-order valence-electron chi connectivity index (χ1n) is 7.63. The van der Waals surface area contributed by atoms with Crippen LogP contribution < -0.4 is 5.32 Å². The summed E-state index contributed by atoms with van der Waals surface area (Å²) in [5.74, 6) is 0.561. The van der Waals surface area contributed by atoms with Crippen LogP contribution in [0, 0.1) is 5.92 Å². The van der Waals surface area contributed by atoms with E-state index in [9.17, 15) is 5.11 Å². The molecule has 1 aromatic heterocycles. The van der Waals surface area contributed by atoms with Crippen molar-refractivity contribution >= 4 is 11.6 Å². The third-order valence-corrected chi connectivity index (χ3v) is 3.88. The monoisotopic (exact) mass is 318 g/mol. The Bertz CT molecular complexity index is 557. The van der Waals surface area contributed by atoms with Gasteiger partial charge in [-0.25, -0.2) is 0 Å². The zero-order valence-electron chi connectivity index (χ0n) is 13.0. The first-order valence-corrected chi connectivity index (χ1v) is 8.01. The molecule has 0 aliphatic rings. The Balaban J connectivity index is 2.02. The number of hydrogen-bond acceptors (Lipinski definition) is 3. The third kappa shape index (κ3) is 5.09. The molecular formula is C18H23ClN2O. The number of aliphatic hydroxyl groups is 1. The van der Waals surface area contributed by atoms with Gasteiger partial charge in [-0.15, -0.1) is 0 Å². The molecule has 1 aromatic carbocycles. The Hall–Kier alpha value is -1.42. The van der Waals surface area contributed by atoms with E-state index in [0.717, 1.165) is 17.0 Å². The smallest absolute Gasteiger partial charge is 0.0915 e. The Morgan fingerprint density at radius 3 is 2.27 bits per heavy atom. The van der Waals surface area contributed by atoms with Crippen LogP contribution in [0.1, 0.15) is 43.5 Å². The van der Waals surface area contributed by atoms with Crippen LogP contribution in [0.15, 0.2) is 48.8 Å². The summed E-state index contributed by atoms with van der Waals surface area (Å²) >= 11 is 5.96. The quantitative estimate of drug-likeness (QED) is 0.806. The van der Waals surface area contributed by atoms with E-state index in [1.807, 2.05) is 36.4 Å². The lowest BCUT2D eigenvalue weighted by atomic mass is 9.96. The molecule has 0 amide bonds. The van der Waals surface area contributed by atoms with Crippen molar-refractivity contribution in [3.8, 4) is 0 Å². The molecule has 0 bridgehead atoms. The van der Waals surface area contributed by atoms with Crippen LogP contribution in [0.2, 0.25) is 5.02 Å². The Morgan fingerprint density at radius 2 is 1.68 bits per heavy atom. The second-order valence-corrected chi connectivity index (χ2v) is 6.37. The average Bonchev–Trinajstić information content (AvgIpc) is 2.52. The molecule has 0 saturated carbocycles. The number of aromatic nitrogens is 1. The first-order chi connectivity index (χ1) is 10.6. The Labute approximate surface area is 137 Å². The summed E-state index contributed by atoms with van der Waals surface area (Å²) in [4.78, 5) is 3.97. The van der Waals surface area contributed by atoms with E-state index in [1.165, 1.54) is 5.56 Å². The van der Waals surface area contributed by atoms with Crippen molar-refractivity contribution in [1.29, 1.82) is 0 Å². The van der Waals surface area contributed by atoms with Crippen LogP contribution in [0.3, 0.4) is 0 Å². The summed E-state index contributed by atoms with van der Waals surface area (Å²) in [6.45, 7) is 4.90. The SMILES string of the molecule is CC(C)CC(NCC(O)c1ccncc1)c1ccc(Cl)cc1. The summed E-state index contributed by atoms with van der Waals surface area (Å²) in [6.07, 6.45) is 3.86. The number of halogens is 1. The molecule has 2 rings (SSSR count). The van der Waals surface area contributed by atoms with Gasteiger partial charge in [0.05, 0.1) is 6.10 Å². The van der Waals surface area contributed by atoms with Crippen LogP contribution in [-0.2, 0) is 0 Å². The fourth-order valence-electron chi connectivity index (χ4n) is 2.46. The molecule has 3 nitrogen and oxygen atoms in total. The highest BCUT2D eigenvalue weighted by Crippen LogP contribution is 2.23. The molecule has 0 fully saturated rings. The van der Waals surface area contributed by atoms with Crippen molar-refractivity contribution in [1.82, 2.24) is 10.3 Å². The van der Waals surface area contributed by atoms with E-state index in [1.54, 1.807) is 12.4 Å². The van der Waals surface area contributed by atoms with Crippen molar-refractivity contribution < 1.29 is 5.11 Å². The molecule has 2 unspecified atom stereocenters. The second-order valence-electron chi connectivity index (χ2n) is 5.94. The van der Waals surface area contributed by atoms with Crippen molar-refractivity contribution in [3.05, 3.63) is 64.9 Å². The zero-order chi connectivity index (χ0) is 15.9. The molecule has 4 heteroatoms. The van der Waals surface area contributed by atoms with Gasteiger partial charge in [0.1, 0.15) is 0 Å². The number of rotatable bonds is 7. The lowest BCUT2D eigenvalue weighted by molar-refractivity contribution is 0.167. The van der Waals surface area contributed by atoms with Crippen molar-refractivity contribution in [3.63, 3.8) is 0 Å². The van der Waals surface area contributed by atoms with Gasteiger partial charge in [0.2, 0.25) is 0 Å². The molecule has 0 radical (unpaired) electrons. The summed E-state index contributed by atoms with van der Waals surface area (Å²) in [5.41, 5.74) is 2.07. The molecule has 2 aromatic rings. The molecule has 2 N–H and O–H groups in total. The van der Waals surface area contributed by atoms with Gasteiger partial charge in [-0.2, -0.15) is 0 Å². The van der Waals surface area contributed by atoms with Gasteiger partial charge in [-0.05, 0) is 47.7 Å². The van der Waals surface area contributed by atoms with E-state index in [4.69, 9.17) is 11.6 Å². The van der Waals surface area contributed by atoms with Crippen LogP contribution in [-0.4, -0.2) is 16.6 Å². The lowest BCUT2D eigenvalue weighted by Crippen LogP contribution is -2.27. The van der Waals surface area contributed by atoms with Crippen LogP contribution in [0.5, 0.6) is 0 Å². The molecule has 22 heavy (non-hydrogen) atoms. The molecule has 0 aliphatic heterocycles. The van der Waals surface area contributed by atoms with Gasteiger partial charge in [-0.3, -0.25) is 4.98 Å². The molecule has 0 saturated heterocycles. The second kappa shape index (κ2) is 8.28. The highest BCUT2D eigenvalue weighted by atomic mass is 35.5. The number of nitrogens with zero attached hydrogens (tertiary/aromatic N) is 1. The standard InChI is InChI=1S/C18H23ClN2O/c1-13(2)11-17(14-3-5-16(19)6-4-14)21-12-18(22)15-7-9-20-10-8-15/h3-10,13,17-18,21-22H,11-12H2,1-2H3. The normalized spacial score (nSPS) is 14.0. The minimum atomic E-state index is -0.537. The van der Waals surface area contributed by atoms with Crippen LogP contribution in [0.25, 0.3) is 0 Å². The van der Waals surface area contributed by atoms with Crippen molar-refractivity contribution in [2.75, 3.05) is 6.54 Å². The maximum absolute atomic E-state index is 10.3. The highest BCUT2D eigenvalue weighted by Gasteiger charge is 2.15. The Morgan fingerprint density at radius 1 is 1.05 bits per heavy atom. The van der Waals surface area contributed by atoms with Gasteiger partial charge in [-0.1, -0.05) is 37.6 Å². The minimum absolute atomic E-state index is 0.203. The molecule has 118 valence electrons. The summed E-state index contributed by atoms with van der Waals surface area (Å²) in [5, 5.41) is 14.5. The van der Waals surface area contributed by atoms with Crippen molar-refractivity contribution in [2.24, 2.45) is 5.92 Å². The van der Waals surface area contributed by atoms with E-state index in [-0.39, 0.29) is 6.04 Å². The van der Waals surface area contributed by atoms with Crippen LogP contribution in [0.4, 0.5) is 0 Å². The molecule has 2 atom stereocenters. The topological polar surface area (TPSA) is 45.1 Å².